The highest BCUT2D eigenvalue weighted by molar-refractivity contribution is 5.80. The van der Waals surface area contributed by atoms with Crippen molar-refractivity contribution in [2.75, 3.05) is 19.6 Å². The first-order valence-electron chi connectivity index (χ1n) is 7.13. The molecule has 0 bridgehead atoms. The van der Waals surface area contributed by atoms with Gasteiger partial charge in [-0.2, -0.15) is 0 Å². The fourth-order valence-corrected chi connectivity index (χ4v) is 2.16. The summed E-state index contributed by atoms with van der Waals surface area (Å²) >= 11 is 0. The van der Waals surface area contributed by atoms with Crippen LogP contribution in [0, 0.1) is 5.92 Å². The lowest BCUT2D eigenvalue weighted by atomic mass is 9.88. The van der Waals surface area contributed by atoms with Gasteiger partial charge in [0.15, 0.2) is 0 Å². The largest absolute Gasteiger partial charge is 0.388 e. The van der Waals surface area contributed by atoms with Crippen LogP contribution in [0.3, 0.4) is 0 Å². The summed E-state index contributed by atoms with van der Waals surface area (Å²) in [6.45, 7) is 7.22. The molecule has 1 rings (SSSR count). The Hall–Kier alpha value is -1.10. The fourth-order valence-electron chi connectivity index (χ4n) is 2.16. The SMILES string of the molecule is CCC(C)C(C)(O)CNC(=O)CCN1CCCC1=O. The van der Waals surface area contributed by atoms with Crippen LogP contribution in [0.1, 0.15) is 46.5 Å². The van der Waals surface area contributed by atoms with Gasteiger partial charge >= 0.3 is 0 Å². The number of aliphatic hydroxyl groups is 1. The molecule has 2 unspecified atom stereocenters. The Labute approximate surface area is 115 Å². The van der Waals surface area contributed by atoms with Gasteiger partial charge in [-0.3, -0.25) is 9.59 Å². The zero-order valence-corrected chi connectivity index (χ0v) is 12.2. The van der Waals surface area contributed by atoms with Crippen LogP contribution < -0.4 is 5.32 Å². The normalized spacial score (nSPS) is 20.2. The van der Waals surface area contributed by atoms with E-state index >= 15 is 0 Å². The second-order valence-corrected chi connectivity index (χ2v) is 5.68. The van der Waals surface area contributed by atoms with Crippen molar-refractivity contribution in [2.45, 2.75) is 52.1 Å². The van der Waals surface area contributed by atoms with Crippen LogP contribution in [0.2, 0.25) is 0 Å². The molecule has 5 nitrogen and oxygen atoms in total. The fraction of sp³-hybridized carbons (Fsp3) is 0.857. The molecule has 2 atom stereocenters. The standard InChI is InChI=1S/C14H26N2O3/c1-4-11(2)14(3,19)10-15-12(17)7-9-16-8-5-6-13(16)18/h11,19H,4-10H2,1-3H3,(H,15,17). The minimum atomic E-state index is -0.881. The Kier molecular flexibility index (Phi) is 5.79. The van der Waals surface area contributed by atoms with Gasteiger partial charge in [0.25, 0.3) is 0 Å². The van der Waals surface area contributed by atoms with Gasteiger partial charge in [0.1, 0.15) is 0 Å². The highest BCUT2D eigenvalue weighted by Crippen LogP contribution is 2.18. The summed E-state index contributed by atoms with van der Waals surface area (Å²) in [5.41, 5.74) is -0.881. The topological polar surface area (TPSA) is 69.6 Å². The number of rotatable bonds is 7. The van der Waals surface area contributed by atoms with Crippen LogP contribution in [0.5, 0.6) is 0 Å². The van der Waals surface area contributed by atoms with Crippen molar-refractivity contribution in [1.29, 1.82) is 0 Å². The molecule has 5 heteroatoms. The molecule has 1 aliphatic heterocycles. The summed E-state index contributed by atoms with van der Waals surface area (Å²) in [4.78, 5) is 24.8. The number of likely N-dealkylation sites (tertiary alicyclic amines) is 1. The molecule has 0 saturated carbocycles. The van der Waals surface area contributed by atoms with Gasteiger partial charge in [0.2, 0.25) is 11.8 Å². The molecular weight excluding hydrogens is 244 g/mol. The third-order valence-corrected chi connectivity index (χ3v) is 4.10. The number of amides is 2. The maximum absolute atomic E-state index is 11.7. The van der Waals surface area contributed by atoms with Crippen LogP contribution in [-0.2, 0) is 9.59 Å². The predicted molar refractivity (Wildman–Crippen MR) is 73.5 cm³/mol. The van der Waals surface area contributed by atoms with Gasteiger partial charge in [-0.1, -0.05) is 20.3 Å². The third kappa shape index (κ3) is 4.82. The van der Waals surface area contributed by atoms with Gasteiger partial charge in [-0.15, -0.1) is 0 Å². The van der Waals surface area contributed by atoms with Crippen LogP contribution in [0.15, 0.2) is 0 Å². The average Bonchev–Trinajstić information content (AvgIpc) is 2.78. The number of carbonyl (C=O) groups excluding carboxylic acids is 2. The Morgan fingerprint density at radius 3 is 2.79 bits per heavy atom. The van der Waals surface area contributed by atoms with Crippen LogP contribution >= 0.6 is 0 Å². The minimum absolute atomic E-state index is 0.108. The van der Waals surface area contributed by atoms with E-state index in [0.29, 0.717) is 19.4 Å². The summed E-state index contributed by atoms with van der Waals surface area (Å²) < 4.78 is 0. The Balaban J connectivity index is 2.26. The van der Waals surface area contributed by atoms with E-state index in [1.54, 1.807) is 11.8 Å². The lowest BCUT2D eigenvalue weighted by molar-refractivity contribution is -0.128. The summed E-state index contributed by atoms with van der Waals surface area (Å²) in [5.74, 6) is 0.163. The van der Waals surface area contributed by atoms with E-state index in [2.05, 4.69) is 5.32 Å². The highest BCUT2D eigenvalue weighted by Gasteiger charge is 2.27. The second-order valence-electron chi connectivity index (χ2n) is 5.68. The van der Waals surface area contributed by atoms with Crippen molar-refractivity contribution in [3.63, 3.8) is 0 Å². The molecule has 0 aliphatic carbocycles. The molecule has 0 aromatic heterocycles. The molecular formula is C14H26N2O3. The average molecular weight is 270 g/mol. The molecule has 0 spiro atoms. The molecule has 2 amide bonds. The zero-order chi connectivity index (χ0) is 14.5. The van der Waals surface area contributed by atoms with E-state index in [1.807, 2.05) is 13.8 Å². The maximum Gasteiger partial charge on any atom is 0.222 e. The van der Waals surface area contributed by atoms with Crippen LogP contribution in [0.4, 0.5) is 0 Å². The molecule has 0 aromatic rings. The molecule has 0 aromatic carbocycles. The van der Waals surface area contributed by atoms with Crippen molar-refractivity contribution in [2.24, 2.45) is 5.92 Å². The Bertz CT molecular complexity index is 329. The summed E-state index contributed by atoms with van der Waals surface area (Å²) in [6, 6.07) is 0. The molecule has 19 heavy (non-hydrogen) atoms. The number of hydrogen-bond acceptors (Lipinski definition) is 3. The molecule has 1 fully saturated rings. The number of nitrogens with one attached hydrogen (secondary N) is 1. The van der Waals surface area contributed by atoms with E-state index in [4.69, 9.17) is 0 Å². The maximum atomic E-state index is 11.7. The first-order chi connectivity index (χ1) is 8.86. The number of nitrogens with zero attached hydrogens (tertiary/aromatic N) is 1. The first-order valence-corrected chi connectivity index (χ1v) is 7.13. The van der Waals surface area contributed by atoms with E-state index in [9.17, 15) is 14.7 Å². The predicted octanol–water partition coefficient (Wildman–Crippen LogP) is 0.912. The van der Waals surface area contributed by atoms with Crippen molar-refractivity contribution in [3.05, 3.63) is 0 Å². The van der Waals surface area contributed by atoms with Gasteiger partial charge in [0.05, 0.1) is 5.60 Å². The minimum Gasteiger partial charge on any atom is -0.388 e. The van der Waals surface area contributed by atoms with E-state index in [0.717, 1.165) is 19.4 Å². The van der Waals surface area contributed by atoms with Gasteiger partial charge in [0, 0.05) is 32.5 Å². The van der Waals surface area contributed by atoms with Crippen LogP contribution in [0.25, 0.3) is 0 Å². The van der Waals surface area contributed by atoms with Crippen LogP contribution in [-0.4, -0.2) is 47.1 Å². The third-order valence-electron chi connectivity index (χ3n) is 4.10. The number of hydrogen-bond donors (Lipinski definition) is 2. The monoisotopic (exact) mass is 270 g/mol. The molecule has 110 valence electrons. The Morgan fingerprint density at radius 2 is 2.26 bits per heavy atom. The summed E-state index contributed by atoms with van der Waals surface area (Å²) in [6.07, 6.45) is 2.67. The highest BCUT2D eigenvalue weighted by atomic mass is 16.3. The molecule has 0 radical (unpaired) electrons. The van der Waals surface area contributed by atoms with Crippen molar-refractivity contribution < 1.29 is 14.7 Å². The first kappa shape index (κ1) is 16.0. The lowest BCUT2D eigenvalue weighted by Crippen LogP contribution is -2.45. The molecule has 1 heterocycles. The molecule has 1 saturated heterocycles. The van der Waals surface area contributed by atoms with Gasteiger partial charge in [-0.25, -0.2) is 0 Å². The molecule has 1 aliphatic rings. The summed E-state index contributed by atoms with van der Waals surface area (Å²) in [5, 5.41) is 12.9. The van der Waals surface area contributed by atoms with E-state index < -0.39 is 5.60 Å². The summed E-state index contributed by atoms with van der Waals surface area (Å²) in [7, 11) is 0. The van der Waals surface area contributed by atoms with Gasteiger partial charge in [-0.05, 0) is 19.3 Å². The van der Waals surface area contributed by atoms with Crippen molar-refractivity contribution in [1.82, 2.24) is 10.2 Å². The lowest BCUT2D eigenvalue weighted by Gasteiger charge is -2.29. The second kappa shape index (κ2) is 6.89. The zero-order valence-electron chi connectivity index (χ0n) is 12.2. The van der Waals surface area contributed by atoms with E-state index in [-0.39, 0.29) is 24.3 Å². The quantitative estimate of drug-likeness (QED) is 0.722. The smallest absolute Gasteiger partial charge is 0.222 e. The van der Waals surface area contributed by atoms with Crippen molar-refractivity contribution in [3.8, 4) is 0 Å². The van der Waals surface area contributed by atoms with E-state index in [1.165, 1.54) is 0 Å². The van der Waals surface area contributed by atoms with Gasteiger partial charge < -0.3 is 15.3 Å². The molecule has 2 N–H and O–H groups in total. The van der Waals surface area contributed by atoms with Crippen molar-refractivity contribution >= 4 is 11.8 Å². The number of carbonyl (C=O) groups is 2. The Morgan fingerprint density at radius 1 is 1.58 bits per heavy atom.